The van der Waals surface area contributed by atoms with E-state index in [1.807, 2.05) is 0 Å². The predicted molar refractivity (Wildman–Crippen MR) is 76.9 cm³/mol. The van der Waals surface area contributed by atoms with Crippen LogP contribution in [0.3, 0.4) is 0 Å². The number of hydrogen-bond acceptors (Lipinski definition) is 3. The van der Waals surface area contributed by atoms with Crippen molar-refractivity contribution in [1.29, 1.82) is 5.26 Å². The van der Waals surface area contributed by atoms with Gasteiger partial charge in [-0.15, -0.1) is 0 Å². The molecule has 1 atom stereocenters. The minimum Gasteiger partial charge on any atom is -0.212 e. The predicted octanol–water partition coefficient (Wildman–Crippen LogP) is 2.62. The molecule has 1 rings (SSSR count). The van der Waals surface area contributed by atoms with Gasteiger partial charge in [-0.2, -0.15) is 5.26 Å². The highest BCUT2D eigenvalue weighted by Gasteiger charge is 2.37. The lowest BCUT2D eigenvalue weighted by Crippen LogP contribution is -2.46. The highest BCUT2D eigenvalue weighted by molar-refractivity contribution is 7.89. The van der Waals surface area contributed by atoms with E-state index in [0.717, 1.165) is 12.8 Å². The summed E-state index contributed by atoms with van der Waals surface area (Å²) in [4.78, 5) is 0. The molecule has 0 N–H and O–H groups in total. The topological polar surface area (TPSA) is 61.2 Å². The van der Waals surface area contributed by atoms with Gasteiger partial charge in [0.05, 0.1) is 17.2 Å². The van der Waals surface area contributed by atoms with E-state index >= 15 is 0 Å². The number of hydrogen-bond donors (Lipinski definition) is 0. The third kappa shape index (κ3) is 4.47. The van der Waals surface area contributed by atoms with Gasteiger partial charge >= 0.3 is 0 Å². The molecule has 5 heteroatoms. The van der Waals surface area contributed by atoms with Gasteiger partial charge in [0.25, 0.3) is 0 Å². The van der Waals surface area contributed by atoms with E-state index in [4.69, 9.17) is 5.26 Å². The van der Waals surface area contributed by atoms with Crippen molar-refractivity contribution in [2.24, 2.45) is 16.7 Å². The first-order valence-electron chi connectivity index (χ1n) is 6.87. The Balaban J connectivity index is 2.83. The summed E-state index contributed by atoms with van der Waals surface area (Å²) in [5.41, 5.74) is -0.702. The Labute approximate surface area is 117 Å². The van der Waals surface area contributed by atoms with Crippen molar-refractivity contribution in [3.8, 4) is 6.07 Å². The van der Waals surface area contributed by atoms with Crippen LogP contribution in [-0.4, -0.2) is 31.6 Å². The van der Waals surface area contributed by atoms with Crippen molar-refractivity contribution in [2.45, 2.75) is 47.5 Å². The molecule has 0 spiro atoms. The largest absolute Gasteiger partial charge is 0.215 e. The summed E-state index contributed by atoms with van der Waals surface area (Å²) >= 11 is 0. The van der Waals surface area contributed by atoms with Crippen LogP contribution in [0.5, 0.6) is 0 Å². The second-order valence-electron chi connectivity index (χ2n) is 7.32. The Morgan fingerprint density at radius 1 is 1.26 bits per heavy atom. The second-order valence-corrected chi connectivity index (χ2v) is 9.28. The lowest BCUT2D eigenvalue weighted by molar-refractivity contribution is 0.147. The Morgan fingerprint density at radius 3 is 2.32 bits per heavy atom. The molecule has 0 amide bonds. The molecule has 0 aromatic carbocycles. The third-order valence-electron chi connectivity index (χ3n) is 3.85. The standard InChI is InChI=1S/C14H26N2O2S/c1-13(2,3)12-7-6-8-16(9-12)19(17,18)11-14(4,5)10-15/h12H,6-9,11H2,1-5H3. The van der Waals surface area contributed by atoms with E-state index in [1.165, 1.54) is 0 Å². The molecule has 0 bridgehead atoms. The highest BCUT2D eigenvalue weighted by atomic mass is 32.2. The fourth-order valence-electron chi connectivity index (χ4n) is 2.48. The first-order valence-corrected chi connectivity index (χ1v) is 8.48. The van der Waals surface area contributed by atoms with Crippen molar-refractivity contribution >= 4 is 10.0 Å². The van der Waals surface area contributed by atoms with Gasteiger partial charge in [-0.25, -0.2) is 12.7 Å². The fourth-order valence-corrected chi connectivity index (χ4v) is 4.45. The van der Waals surface area contributed by atoms with Crippen LogP contribution in [0.1, 0.15) is 47.5 Å². The van der Waals surface area contributed by atoms with E-state index < -0.39 is 15.4 Å². The average molecular weight is 286 g/mol. The van der Waals surface area contributed by atoms with Gasteiger partial charge in [-0.1, -0.05) is 20.8 Å². The van der Waals surface area contributed by atoms with Gasteiger partial charge < -0.3 is 0 Å². The van der Waals surface area contributed by atoms with Crippen LogP contribution in [0.15, 0.2) is 0 Å². The van der Waals surface area contributed by atoms with Crippen molar-refractivity contribution in [3.05, 3.63) is 0 Å². The molecule has 0 saturated carbocycles. The van der Waals surface area contributed by atoms with Gasteiger partial charge in [0.2, 0.25) is 10.0 Å². The van der Waals surface area contributed by atoms with E-state index in [0.29, 0.717) is 19.0 Å². The minimum atomic E-state index is -3.34. The molecule has 1 heterocycles. The molecule has 1 aliphatic heterocycles. The molecule has 1 aliphatic rings. The van der Waals surface area contributed by atoms with E-state index in [1.54, 1.807) is 18.2 Å². The third-order valence-corrected chi connectivity index (χ3v) is 6.05. The number of piperidine rings is 1. The monoisotopic (exact) mass is 286 g/mol. The zero-order chi connectivity index (χ0) is 14.9. The number of rotatable bonds is 3. The van der Waals surface area contributed by atoms with E-state index in [2.05, 4.69) is 26.8 Å². The molecule has 4 nitrogen and oxygen atoms in total. The molecule has 0 radical (unpaired) electrons. The molecule has 0 aromatic heterocycles. The maximum atomic E-state index is 12.4. The van der Waals surface area contributed by atoms with Crippen molar-refractivity contribution in [3.63, 3.8) is 0 Å². The van der Waals surface area contributed by atoms with Crippen LogP contribution in [0.25, 0.3) is 0 Å². The van der Waals surface area contributed by atoms with Crippen LogP contribution in [0.4, 0.5) is 0 Å². The van der Waals surface area contributed by atoms with Gasteiger partial charge in [0.15, 0.2) is 0 Å². The lowest BCUT2D eigenvalue weighted by Gasteiger charge is -2.39. The Kier molecular flexibility index (Phi) is 4.69. The summed E-state index contributed by atoms with van der Waals surface area (Å²) < 4.78 is 26.4. The fraction of sp³-hybridized carbons (Fsp3) is 0.929. The zero-order valence-corrected chi connectivity index (χ0v) is 13.5. The number of nitrogens with zero attached hydrogens (tertiary/aromatic N) is 2. The van der Waals surface area contributed by atoms with Crippen LogP contribution >= 0.6 is 0 Å². The summed E-state index contributed by atoms with van der Waals surface area (Å²) in [6, 6.07) is 2.07. The Morgan fingerprint density at radius 2 is 1.84 bits per heavy atom. The van der Waals surface area contributed by atoms with Crippen LogP contribution < -0.4 is 0 Å². The summed E-state index contributed by atoms with van der Waals surface area (Å²) in [6.45, 7) is 11.0. The van der Waals surface area contributed by atoms with Crippen LogP contribution in [-0.2, 0) is 10.0 Å². The van der Waals surface area contributed by atoms with Crippen LogP contribution in [0.2, 0.25) is 0 Å². The molecule has 110 valence electrons. The molecule has 1 fully saturated rings. The van der Waals surface area contributed by atoms with Crippen molar-refractivity contribution in [1.82, 2.24) is 4.31 Å². The second kappa shape index (κ2) is 5.41. The van der Waals surface area contributed by atoms with Gasteiger partial charge in [0.1, 0.15) is 0 Å². The maximum Gasteiger partial charge on any atom is 0.215 e. The smallest absolute Gasteiger partial charge is 0.212 e. The van der Waals surface area contributed by atoms with E-state index in [9.17, 15) is 8.42 Å². The Bertz CT molecular complexity index is 455. The summed E-state index contributed by atoms with van der Waals surface area (Å²) in [5, 5.41) is 9.00. The molecular weight excluding hydrogens is 260 g/mol. The van der Waals surface area contributed by atoms with E-state index in [-0.39, 0.29) is 11.2 Å². The molecule has 0 aromatic rings. The molecule has 1 saturated heterocycles. The first-order chi connectivity index (χ1) is 8.48. The normalized spacial score (nSPS) is 23.1. The average Bonchev–Trinajstić information content (AvgIpc) is 2.27. The summed E-state index contributed by atoms with van der Waals surface area (Å²) in [5.74, 6) is 0.300. The molecule has 1 unspecified atom stereocenters. The first kappa shape index (κ1) is 16.5. The summed E-state index contributed by atoms with van der Waals surface area (Å²) in [7, 11) is -3.34. The molecule has 0 aliphatic carbocycles. The zero-order valence-electron chi connectivity index (χ0n) is 12.7. The molecular formula is C14H26N2O2S. The van der Waals surface area contributed by atoms with Gasteiger partial charge in [-0.3, -0.25) is 0 Å². The number of nitriles is 1. The van der Waals surface area contributed by atoms with Gasteiger partial charge in [-0.05, 0) is 38.0 Å². The maximum absolute atomic E-state index is 12.4. The van der Waals surface area contributed by atoms with Crippen LogP contribution in [0, 0.1) is 28.1 Å². The lowest BCUT2D eigenvalue weighted by atomic mass is 9.77. The highest BCUT2D eigenvalue weighted by Crippen LogP contribution is 2.34. The SMILES string of the molecule is CC(C)(C#N)CS(=O)(=O)N1CCCC(C(C)(C)C)C1. The summed E-state index contributed by atoms with van der Waals surface area (Å²) in [6.07, 6.45) is 1.99. The Hall–Kier alpha value is -0.600. The van der Waals surface area contributed by atoms with Crippen molar-refractivity contribution < 1.29 is 8.42 Å². The minimum absolute atomic E-state index is 0.0899. The van der Waals surface area contributed by atoms with Gasteiger partial charge in [0, 0.05) is 13.1 Å². The van der Waals surface area contributed by atoms with Crippen molar-refractivity contribution in [2.75, 3.05) is 18.8 Å². The quantitative estimate of drug-likeness (QED) is 0.801. The number of sulfonamides is 1. The molecule has 19 heavy (non-hydrogen) atoms.